The summed E-state index contributed by atoms with van der Waals surface area (Å²) in [5, 5.41) is 13.3. The number of hydrogen-bond donors (Lipinski definition) is 2. The van der Waals surface area contributed by atoms with Crippen molar-refractivity contribution in [3.63, 3.8) is 0 Å². The summed E-state index contributed by atoms with van der Waals surface area (Å²) < 4.78 is 10.7. The number of rotatable bonds is 8. The lowest BCUT2D eigenvalue weighted by atomic mass is 9.81. The van der Waals surface area contributed by atoms with Crippen LogP contribution in [0.4, 0.5) is 0 Å². The van der Waals surface area contributed by atoms with Crippen molar-refractivity contribution < 1.29 is 19.1 Å². The minimum absolute atomic E-state index is 0.0246. The summed E-state index contributed by atoms with van der Waals surface area (Å²) in [7, 11) is 0. The van der Waals surface area contributed by atoms with Crippen LogP contribution in [0.25, 0.3) is 0 Å². The number of hydrogen-bond acceptors (Lipinski definition) is 4. The van der Waals surface area contributed by atoms with Gasteiger partial charge in [-0.1, -0.05) is 12.8 Å². The Morgan fingerprint density at radius 1 is 1.50 bits per heavy atom. The van der Waals surface area contributed by atoms with Gasteiger partial charge in [0.1, 0.15) is 11.4 Å². The molecule has 22 heavy (non-hydrogen) atoms. The average molecular weight is 309 g/mol. The molecule has 0 aromatic carbocycles. The van der Waals surface area contributed by atoms with Crippen LogP contribution in [0.3, 0.4) is 0 Å². The molecule has 1 aromatic heterocycles. The van der Waals surface area contributed by atoms with Gasteiger partial charge in [0, 0.05) is 13.2 Å². The Hall–Kier alpha value is -1.33. The first kappa shape index (κ1) is 17.0. The summed E-state index contributed by atoms with van der Waals surface area (Å²) >= 11 is 0. The van der Waals surface area contributed by atoms with Crippen LogP contribution in [0.5, 0.6) is 0 Å². The molecular formula is C17H27NO4. The highest BCUT2D eigenvalue weighted by atomic mass is 16.5. The number of aliphatic hydroxyl groups is 1. The number of amides is 1. The number of carbonyl (C=O) groups excluding carboxylic acids is 1. The molecule has 1 unspecified atom stereocenters. The van der Waals surface area contributed by atoms with Crippen molar-refractivity contribution in [3.05, 3.63) is 24.2 Å². The predicted octanol–water partition coefficient (Wildman–Crippen LogP) is 2.59. The molecule has 1 aromatic rings. The van der Waals surface area contributed by atoms with Crippen molar-refractivity contribution in [3.8, 4) is 0 Å². The Morgan fingerprint density at radius 3 is 2.82 bits per heavy atom. The molecule has 0 aliphatic heterocycles. The number of carbonyl (C=O) groups is 1. The first-order valence-corrected chi connectivity index (χ1v) is 8.13. The summed E-state index contributed by atoms with van der Waals surface area (Å²) in [4.78, 5) is 12.7. The molecule has 0 saturated heterocycles. The zero-order valence-electron chi connectivity index (χ0n) is 13.6. The first-order chi connectivity index (χ1) is 10.5. The lowest BCUT2D eigenvalue weighted by Crippen LogP contribution is -2.45. The van der Waals surface area contributed by atoms with E-state index in [1.54, 1.807) is 19.1 Å². The van der Waals surface area contributed by atoms with Crippen molar-refractivity contribution in [1.29, 1.82) is 0 Å². The Bertz CT molecular complexity index is 461. The summed E-state index contributed by atoms with van der Waals surface area (Å²) in [6, 6.07) is 3.44. The monoisotopic (exact) mass is 309 g/mol. The van der Waals surface area contributed by atoms with Gasteiger partial charge in [-0.3, -0.25) is 4.79 Å². The molecule has 5 nitrogen and oxygen atoms in total. The predicted molar refractivity (Wildman–Crippen MR) is 83.3 cm³/mol. The largest absolute Gasteiger partial charge is 0.466 e. The second kappa shape index (κ2) is 7.29. The summed E-state index contributed by atoms with van der Waals surface area (Å²) in [5.41, 5.74) is -1.53. The van der Waals surface area contributed by atoms with E-state index in [1.165, 1.54) is 6.26 Å². The molecule has 1 atom stereocenters. The van der Waals surface area contributed by atoms with Gasteiger partial charge in [-0.05, 0) is 45.2 Å². The summed E-state index contributed by atoms with van der Waals surface area (Å²) in [6.07, 6.45) is 6.22. The van der Waals surface area contributed by atoms with Crippen LogP contribution in [-0.2, 0) is 15.1 Å². The molecule has 1 aliphatic carbocycles. The smallest absolute Gasteiger partial charge is 0.226 e. The molecule has 2 N–H and O–H groups in total. The third kappa shape index (κ3) is 3.90. The number of ether oxygens (including phenoxy) is 1. The van der Waals surface area contributed by atoms with Crippen molar-refractivity contribution >= 4 is 5.91 Å². The van der Waals surface area contributed by atoms with E-state index in [4.69, 9.17) is 9.15 Å². The van der Waals surface area contributed by atoms with Gasteiger partial charge in [0.2, 0.25) is 5.91 Å². The van der Waals surface area contributed by atoms with Crippen LogP contribution < -0.4 is 5.32 Å². The van der Waals surface area contributed by atoms with E-state index in [-0.39, 0.29) is 17.9 Å². The molecule has 5 heteroatoms. The van der Waals surface area contributed by atoms with Gasteiger partial charge in [0.15, 0.2) is 0 Å². The highest BCUT2D eigenvalue weighted by molar-refractivity contribution is 5.83. The van der Waals surface area contributed by atoms with Crippen LogP contribution >= 0.6 is 0 Å². The van der Waals surface area contributed by atoms with E-state index in [1.807, 2.05) is 6.92 Å². The SMILES string of the molecule is CCOCCC1(C(=O)NCC(C)(O)c2ccco2)CCCC1. The van der Waals surface area contributed by atoms with Crippen LogP contribution in [0.2, 0.25) is 0 Å². The molecule has 0 bridgehead atoms. The van der Waals surface area contributed by atoms with Crippen LogP contribution in [0, 0.1) is 5.41 Å². The topological polar surface area (TPSA) is 71.7 Å². The third-order valence-electron chi connectivity index (χ3n) is 4.62. The molecule has 1 fully saturated rings. The van der Waals surface area contributed by atoms with Crippen molar-refractivity contribution in [2.45, 2.75) is 51.6 Å². The fourth-order valence-corrected chi connectivity index (χ4v) is 3.17. The maximum absolute atomic E-state index is 12.7. The Balaban J connectivity index is 1.94. The lowest BCUT2D eigenvalue weighted by molar-refractivity contribution is -0.133. The van der Waals surface area contributed by atoms with Gasteiger partial charge in [0.25, 0.3) is 0 Å². The van der Waals surface area contributed by atoms with Gasteiger partial charge in [-0.15, -0.1) is 0 Å². The summed E-state index contributed by atoms with van der Waals surface area (Å²) in [5.74, 6) is 0.485. The van der Waals surface area contributed by atoms with E-state index in [0.29, 0.717) is 19.0 Å². The second-order valence-corrected chi connectivity index (χ2v) is 6.37. The highest BCUT2D eigenvalue weighted by Gasteiger charge is 2.41. The van der Waals surface area contributed by atoms with E-state index in [0.717, 1.165) is 32.1 Å². The van der Waals surface area contributed by atoms with Gasteiger partial charge in [-0.2, -0.15) is 0 Å². The van der Waals surface area contributed by atoms with Gasteiger partial charge in [0.05, 0.1) is 18.2 Å². The number of furan rings is 1. The van der Waals surface area contributed by atoms with E-state index >= 15 is 0 Å². The molecule has 0 spiro atoms. The first-order valence-electron chi connectivity index (χ1n) is 8.13. The van der Waals surface area contributed by atoms with Crippen molar-refractivity contribution in [2.24, 2.45) is 5.41 Å². The minimum atomic E-state index is -1.20. The number of nitrogens with one attached hydrogen (secondary N) is 1. The van der Waals surface area contributed by atoms with Gasteiger partial charge in [-0.25, -0.2) is 0 Å². The van der Waals surface area contributed by atoms with E-state index in [9.17, 15) is 9.90 Å². The van der Waals surface area contributed by atoms with Crippen LogP contribution in [0.15, 0.2) is 22.8 Å². The maximum atomic E-state index is 12.7. The normalized spacial score (nSPS) is 19.8. The maximum Gasteiger partial charge on any atom is 0.226 e. The zero-order valence-corrected chi connectivity index (χ0v) is 13.6. The highest BCUT2D eigenvalue weighted by Crippen LogP contribution is 2.41. The van der Waals surface area contributed by atoms with Crippen molar-refractivity contribution in [1.82, 2.24) is 5.32 Å². The standard InChI is InChI=1S/C17H27NO4/c1-3-21-12-10-17(8-4-5-9-17)15(19)18-13-16(2,20)14-7-6-11-22-14/h6-7,11,20H,3-5,8-10,12-13H2,1-2H3,(H,18,19). The Labute approximate surface area is 132 Å². The molecular weight excluding hydrogens is 282 g/mol. The van der Waals surface area contributed by atoms with Crippen LogP contribution in [-0.4, -0.2) is 30.8 Å². The fourth-order valence-electron chi connectivity index (χ4n) is 3.17. The molecule has 0 radical (unpaired) electrons. The Morgan fingerprint density at radius 2 is 2.23 bits per heavy atom. The average Bonchev–Trinajstić information content (AvgIpc) is 3.17. The third-order valence-corrected chi connectivity index (χ3v) is 4.62. The van der Waals surface area contributed by atoms with Crippen LogP contribution in [0.1, 0.15) is 51.7 Å². The molecule has 1 saturated carbocycles. The minimum Gasteiger partial charge on any atom is -0.466 e. The second-order valence-electron chi connectivity index (χ2n) is 6.37. The Kier molecular flexibility index (Phi) is 5.64. The quantitative estimate of drug-likeness (QED) is 0.724. The van der Waals surface area contributed by atoms with Gasteiger partial charge < -0.3 is 19.6 Å². The molecule has 124 valence electrons. The molecule has 1 aliphatic rings. The molecule has 1 heterocycles. The van der Waals surface area contributed by atoms with E-state index in [2.05, 4.69) is 5.32 Å². The molecule has 1 amide bonds. The fraction of sp³-hybridized carbons (Fsp3) is 0.706. The lowest BCUT2D eigenvalue weighted by Gasteiger charge is -2.30. The summed E-state index contributed by atoms with van der Waals surface area (Å²) in [6.45, 7) is 5.04. The zero-order chi connectivity index (χ0) is 16.1. The van der Waals surface area contributed by atoms with Crippen molar-refractivity contribution in [2.75, 3.05) is 19.8 Å². The molecule has 2 rings (SSSR count). The van der Waals surface area contributed by atoms with E-state index < -0.39 is 5.60 Å². The van der Waals surface area contributed by atoms with Gasteiger partial charge >= 0.3 is 0 Å².